The molecular weight excluding hydrogens is 298 g/mol. The van der Waals surface area contributed by atoms with Crippen molar-refractivity contribution in [2.75, 3.05) is 7.11 Å². The zero-order valence-corrected chi connectivity index (χ0v) is 13.8. The maximum Gasteiger partial charge on any atom is 0.187 e. The molecule has 1 fully saturated rings. The first-order chi connectivity index (χ1) is 10.6. The number of phenols is 1. The van der Waals surface area contributed by atoms with E-state index in [1.807, 2.05) is 6.07 Å². The van der Waals surface area contributed by atoms with Crippen molar-refractivity contribution in [3.63, 3.8) is 0 Å². The number of hydrazone groups is 1. The summed E-state index contributed by atoms with van der Waals surface area (Å²) in [4.78, 5) is 0. The number of hydrogen-bond acceptors (Lipinski definition) is 4. The average Bonchev–Trinajstić information content (AvgIpc) is 2.50. The van der Waals surface area contributed by atoms with Gasteiger partial charge in [0.25, 0.3) is 0 Å². The van der Waals surface area contributed by atoms with Crippen LogP contribution in [0.5, 0.6) is 11.5 Å². The summed E-state index contributed by atoms with van der Waals surface area (Å²) in [5.41, 5.74) is 3.59. The fraction of sp³-hybridized carbons (Fsp3) is 0.500. The summed E-state index contributed by atoms with van der Waals surface area (Å²) in [5.74, 6) is 1.16. The molecule has 1 aromatic rings. The van der Waals surface area contributed by atoms with Crippen LogP contribution in [-0.2, 0) is 0 Å². The lowest BCUT2D eigenvalue weighted by Crippen LogP contribution is -2.44. The number of nitrogens with one attached hydrogen (secondary N) is 2. The van der Waals surface area contributed by atoms with Crippen LogP contribution < -0.4 is 15.5 Å². The zero-order chi connectivity index (χ0) is 15.9. The fourth-order valence-corrected chi connectivity index (χ4v) is 2.89. The Morgan fingerprint density at radius 3 is 2.86 bits per heavy atom. The molecule has 6 heteroatoms. The zero-order valence-electron chi connectivity index (χ0n) is 13.0. The van der Waals surface area contributed by atoms with Gasteiger partial charge in [-0.1, -0.05) is 19.8 Å². The van der Waals surface area contributed by atoms with Crippen LogP contribution in [0.1, 0.15) is 38.2 Å². The molecule has 0 radical (unpaired) electrons. The fourth-order valence-electron chi connectivity index (χ4n) is 2.68. The van der Waals surface area contributed by atoms with Crippen molar-refractivity contribution in [3.05, 3.63) is 23.8 Å². The van der Waals surface area contributed by atoms with Crippen molar-refractivity contribution >= 4 is 23.5 Å². The average molecular weight is 321 g/mol. The molecule has 2 atom stereocenters. The molecule has 3 N–H and O–H groups in total. The largest absolute Gasteiger partial charge is 0.504 e. The molecule has 0 aromatic heterocycles. The first kappa shape index (κ1) is 16.5. The molecule has 1 aliphatic rings. The maximum atomic E-state index is 9.70. The predicted octanol–water partition coefficient (Wildman–Crippen LogP) is 2.78. The van der Waals surface area contributed by atoms with Crippen molar-refractivity contribution in [1.82, 2.24) is 10.7 Å². The van der Waals surface area contributed by atoms with Gasteiger partial charge < -0.3 is 15.2 Å². The van der Waals surface area contributed by atoms with Crippen molar-refractivity contribution in [1.29, 1.82) is 0 Å². The molecule has 120 valence electrons. The van der Waals surface area contributed by atoms with Crippen LogP contribution in [0, 0.1) is 5.92 Å². The molecule has 5 nitrogen and oxygen atoms in total. The van der Waals surface area contributed by atoms with Gasteiger partial charge in [0.05, 0.1) is 13.3 Å². The molecule has 0 unspecified atom stereocenters. The third-order valence-corrected chi connectivity index (χ3v) is 4.22. The summed E-state index contributed by atoms with van der Waals surface area (Å²) in [6.07, 6.45) is 6.56. The van der Waals surface area contributed by atoms with E-state index >= 15 is 0 Å². The number of thiocarbonyl (C=S) groups is 1. The number of rotatable bonds is 4. The third kappa shape index (κ3) is 4.59. The van der Waals surface area contributed by atoms with Crippen molar-refractivity contribution in [3.8, 4) is 11.5 Å². The summed E-state index contributed by atoms with van der Waals surface area (Å²) < 4.78 is 5.00. The second kappa shape index (κ2) is 7.98. The van der Waals surface area contributed by atoms with Crippen LogP contribution in [0.4, 0.5) is 0 Å². The lowest BCUT2D eigenvalue weighted by molar-refractivity contribution is 0.308. The molecular formula is C16H23N3O2S. The second-order valence-electron chi connectivity index (χ2n) is 5.64. The Kier molecular flexibility index (Phi) is 6.00. The molecule has 0 amide bonds. The van der Waals surface area contributed by atoms with E-state index in [2.05, 4.69) is 22.8 Å². The van der Waals surface area contributed by atoms with Gasteiger partial charge in [-0.3, -0.25) is 5.43 Å². The van der Waals surface area contributed by atoms with E-state index in [1.54, 1.807) is 18.3 Å². The van der Waals surface area contributed by atoms with Gasteiger partial charge in [0.1, 0.15) is 0 Å². The second-order valence-corrected chi connectivity index (χ2v) is 6.05. The Balaban J connectivity index is 1.83. The van der Waals surface area contributed by atoms with Crippen LogP contribution in [0.3, 0.4) is 0 Å². The van der Waals surface area contributed by atoms with Crippen molar-refractivity contribution in [2.24, 2.45) is 11.0 Å². The van der Waals surface area contributed by atoms with Gasteiger partial charge in [0.2, 0.25) is 0 Å². The third-order valence-electron chi connectivity index (χ3n) is 4.01. The molecule has 0 aliphatic heterocycles. The van der Waals surface area contributed by atoms with Gasteiger partial charge in [0, 0.05) is 6.04 Å². The van der Waals surface area contributed by atoms with Gasteiger partial charge in [-0.15, -0.1) is 0 Å². The number of benzene rings is 1. The molecule has 2 rings (SSSR count). The normalized spacial score (nSPS) is 21.5. The highest BCUT2D eigenvalue weighted by Gasteiger charge is 2.21. The van der Waals surface area contributed by atoms with Gasteiger partial charge in [0.15, 0.2) is 16.6 Å². The van der Waals surface area contributed by atoms with Crippen LogP contribution in [0.15, 0.2) is 23.3 Å². The van der Waals surface area contributed by atoms with Gasteiger partial charge in [-0.05, 0) is 54.7 Å². The summed E-state index contributed by atoms with van der Waals surface area (Å²) in [7, 11) is 1.51. The van der Waals surface area contributed by atoms with E-state index in [-0.39, 0.29) is 5.75 Å². The van der Waals surface area contributed by atoms with E-state index in [0.717, 1.165) is 12.0 Å². The first-order valence-electron chi connectivity index (χ1n) is 7.56. The minimum absolute atomic E-state index is 0.0863. The first-order valence-corrected chi connectivity index (χ1v) is 7.97. The molecule has 0 bridgehead atoms. The molecule has 0 spiro atoms. The van der Waals surface area contributed by atoms with Crippen molar-refractivity contribution < 1.29 is 9.84 Å². The number of methoxy groups -OCH3 is 1. The molecule has 1 saturated carbocycles. The Morgan fingerprint density at radius 2 is 2.18 bits per heavy atom. The van der Waals surface area contributed by atoms with Crippen LogP contribution in [-0.4, -0.2) is 29.6 Å². The van der Waals surface area contributed by atoms with Gasteiger partial charge in [-0.2, -0.15) is 5.10 Å². The number of aromatic hydroxyl groups is 1. The van der Waals surface area contributed by atoms with Gasteiger partial charge >= 0.3 is 0 Å². The summed E-state index contributed by atoms with van der Waals surface area (Å²) in [6.45, 7) is 2.25. The Hall–Kier alpha value is -1.82. The van der Waals surface area contributed by atoms with Crippen LogP contribution in [0.25, 0.3) is 0 Å². The van der Waals surface area contributed by atoms with E-state index in [9.17, 15) is 5.11 Å². The maximum absolute atomic E-state index is 9.70. The number of ether oxygens (including phenoxy) is 1. The smallest absolute Gasteiger partial charge is 0.187 e. The van der Waals surface area contributed by atoms with Crippen molar-refractivity contribution in [2.45, 2.75) is 38.6 Å². The number of nitrogens with zero attached hydrogens (tertiary/aromatic N) is 1. The standard InChI is InChI=1S/C16H23N3O2S/c1-11-5-3-4-6-13(11)18-16(22)19-17-10-12-7-8-15(21-2)14(20)9-12/h7-11,13,20H,3-6H2,1-2H3,(H2,18,19,22)/b17-10-/t11-,13+/m1/s1. The predicted molar refractivity (Wildman–Crippen MR) is 92.5 cm³/mol. The summed E-state index contributed by atoms with van der Waals surface area (Å²) in [6, 6.07) is 5.51. The number of phenolic OH excluding ortho intramolecular Hbond substituents is 1. The van der Waals surface area contributed by atoms with Crippen LogP contribution in [0.2, 0.25) is 0 Å². The minimum Gasteiger partial charge on any atom is -0.504 e. The van der Waals surface area contributed by atoms with Gasteiger partial charge in [-0.25, -0.2) is 0 Å². The van der Waals surface area contributed by atoms with E-state index < -0.39 is 0 Å². The molecule has 1 aliphatic carbocycles. The lowest BCUT2D eigenvalue weighted by Gasteiger charge is -2.30. The summed E-state index contributed by atoms with van der Waals surface area (Å²) >= 11 is 5.26. The molecule has 0 saturated heterocycles. The minimum atomic E-state index is 0.0863. The highest BCUT2D eigenvalue weighted by atomic mass is 32.1. The SMILES string of the molecule is COc1ccc(/C=N\NC(=S)N[C@H]2CCCC[C@H]2C)cc1O. The number of hydrogen-bond donors (Lipinski definition) is 3. The van der Waals surface area contributed by atoms with Crippen LogP contribution >= 0.6 is 12.2 Å². The van der Waals surface area contributed by atoms with E-state index in [4.69, 9.17) is 17.0 Å². The molecule has 0 heterocycles. The molecule has 22 heavy (non-hydrogen) atoms. The molecule has 1 aromatic carbocycles. The lowest BCUT2D eigenvalue weighted by atomic mass is 9.86. The van der Waals surface area contributed by atoms with E-state index in [0.29, 0.717) is 22.8 Å². The highest BCUT2D eigenvalue weighted by molar-refractivity contribution is 7.80. The summed E-state index contributed by atoms with van der Waals surface area (Å²) in [5, 5.41) is 17.7. The quantitative estimate of drug-likeness (QED) is 0.452. The Bertz CT molecular complexity index is 548. The Morgan fingerprint density at radius 1 is 1.41 bits per heavy atom. The monoisotopic (exact) mass is 321 g/mol. The highest BCUT2D eigenvalue weighted by Crippen LogP contribution is 2.25. The topological polar surface area (TPSA) is 65.9 Å². The van der Waals surface area contributed by atoms with E-state index in [1.165, 1.54) is 26.4 Å². The Labute approximate surface area is 136 Å².